The van der Waals surface area contributed by atoms with Crippen LogP contribution in [-0.2, 0) is 9.59 Å². The van der Waals surface area contributed by atoms with Crippen molar-refractivity contribution in [1.29, 1.82) is 0 Å². The highest BCUT2D eigenvalue weighted by Gasteiger charge is 2.20. The lowest BCUT2D eigenvalue weighted by Gasteiger charge is -2.18. The first kappa shape index (κ1) is 19.5. The molecule has 0 aliphatic heterocycles. The average molecular weight is 354 g/mol. The quantitative estimate of drug-likeness (QED) is 0.822. The van der Waals surface area contributed by atoms with Crippen LogP contribution >= 0.6 is 0 Å². The Hall–Kier alpha value is -2.82. The van der Waals surface area contributed by atoms with Gasteiger partial charge in [-0.15, -0.1) is 0 Å². The standard InChI is InChI=1S/C21H26N2O3/c1-12-7-8-19(26-6)18(9-12)23-21(25)20(24)22-16(5)17-11-14(3)13(2)10-15(17)4/h7-11,16H,1-6H3,(H,22,24)(H,23,25)/t16-/m0/s1. The number of anilines is 1. The van der Waals surface area contributed by atoms with Gasteiger partial charge >= 0.3 is 11.8 Å². The van der Waals surface area contributed by atoms with Crippen molar-refractivity contribution in [2.24, 2.45) is 0 Å². The molecule has 0 radical (unpaired) electrons. The van der Waals surface area contributed by atoms with E-state index in [9.17, 15) is 9.59 Å². The van der Waals surface area contributed by atoms with Gasteiger partial charge in [-0.3, -0.25) is 9.59 Å². The molecule has 1 atom stereocenters. The van der Waals surface area contributed by atoms with E-state index in [0.29, 0.717) is 11.4 Å². The van der Waals surface area contributed by atoms with E-state index in [1.807, 2.05) is 33.8 Å². The van der Waals surface area contributed by atoms with Crippen molar-refractivity contribution in [1.82, 2.24) is 5.32 Å². The third kappa shape index (κ3) is 4.42. The highest BCUT2D eigenvalue weighted by atomic mass is 16.5. The van der Waals surface area contributed by atoms with E-state index in [0.717, 1.165) is 22.3 Å². The molecule has 138 valence electrons. The van der Waals surface area contributed by atoms with Crippen molar-refractivity contribution < 1.29 is 14.3 Å². The molecule has 2 rings (SSSR count). The summed E-state index contributed by atoms with van der Waals surface area (Å²) in [5, 5.41) is 5.38. The summed E-state index contributed by atoms with van der Waals surface area (Å²) in [6.45, 7) is 9.86. The van der Waals surface area contributed by atoms with Gasteiger partial charge in [0.15, 0.2) is 0 Å². The maximum atomic E-state index is 12.3. The van der Waals surface area contributed by atoms with E-state index >= 15 is 0 Å². The minimum Gasteiger partial charge on any atom is -0.495 e. The zero-order chi connectivity index (χ0) is 19.4. The summed E-state index contributed by atoms with van der Waals surface area (Å²) in [4.78, 5) is 24.6. The van der Waals surface area contributed by atoms with Crippen molar-refractivity contribution >= 4 is 17.5 Å². The lowest BCUT2D eigenvalue weighted by atomic mass is 9.96. The van der Waals surface area contributed by atoms with Gasteiger partial charge in [0, 0.05) is 0 Å². The Morgan fingerprint density at radius 3 is 2.23 bits per heavy atom. The van der Waals surface area contributed by atoms with Crippen LogP contribution in [0, 0.1) is 27.7 Å². The Labute approximate surface area is 154 Å². The van der Waals surface area contributed by atoms with E-state index in [-0.39, 0.29) is 6.04 Å². The molecule has 2 amide bonds. The van der Waals surface area contributed by atoms with Crippen LogP contribution in [0.25, 0.3) is 0 Å². The number of rotatable bonds is 4. The van der Waals surface area contributed by atoms with Crippen LogP contribution in [0.15, 0.2) is 30.3 Å². The predicted molar refractivity (Wildman–Crippen MR) is 104 cm³/mol. The molecule has 2 N–H and O–H groups in total. The van der Waals surface area contributed by atoms with Gasteiger partial charge in [-0.05, 0) is 74.6 Å². The molecule has 0 unspecified atom stereocenters. The molecule has 0 aliphatic rings. The predicted octanol–water partition coefficient (Wildman–Crippen LogP) is 3.74. The third-order valence-electron chi connectivity index (χ3n) is 4.51. The number of carbonyl (C=O) groups excluding carboxylic acids is 2. The number of hydrogen-bond donors (Lipinski definition) is 2. The van der Waals surface area contributed by atoms with Gasteiger partial charge in [0.2, 0.25) is 0 Å². The van der Waals surface area contributed by atoms with Crippen molar-refractivity contribution in [2.75, 3.05) is 12.4 Å². The minimum absolute atomic E-state index is 0.271. The Morgan fingerprint density at radius 2 is 1.58 bits per heavy atom. The van der Waals surface area contributed by atoms with E-state index in [2.05, 4.69) is 29.7 Å². The molecule has 26 heavy (non-hydrogen) atoms. The summed E-state index contributed by atoms with van der Waals surface area (Å²) in [6, 6.07) is 9.26. The van der Waals surface area contributed by atoms with E-state index in [1.54, 1.807) is 12.1 Å². The number of amides is 2. The fourth-order valence-corrected chi connectivity index (χ4v) is 2.89. The molecular weight excluding hydrogens is 328 g/mol. The van der Waals surface area contributed by atoms with Gasteiger partial charge in [0.05, 0.1) is 18.8 Å². The second-order valence-corrected chi connectivity index (χ2v) is 6.65. The maximum absolute atomic E-state index is 12.3. The number of carbonyl (C=O) groups is 2. The highest BCUT2D eigenvalue weighted by Crippen LogP contribution is 2.25. The first-order valence-corrected chi connectivity index (χ1v) is 8.57. The van der Waals surface area contributed by atoms with Crippen LogP contribution in [0.2, 0.25) is 0 Å². The van der Waals surface area contributed by atoms with Crippen molar-refractivity contribution in [3.05, 3.63) is 58.1 Å². The highest BCUT2D eigenvalue weighted by molar-refractivity contribution is 6.39. The number of ether oxygens (including phenoxy) is 1. The molecule has 0 fully saturated rings. The van der Waals surface area contributed by atoms with Gasteiger partial charge in [-0.25, -0.2) is 0 Å². The normalized spacial score (nSPS) is 11.6. The SMILES string of the molecule is COc1ccc(C)cc1NC(=O)C(=O)N[C@@H](C)c1cc(C)c(C)cc1C. The van der Waals surface area contributed by atoms with Gasteiger partial charge < -0.3 is 15.4 Å². The molecule has 0 heterocycles. The minimum atomic E-state index is -0.720. The fourth-order valence-electron chi connectivity index (χ4n) is 2.89. The fraction of sp³-hybridized carbons (Fsp3) is 0.333. The smallest absolute Gasteiger partial charge is 0.313 e. The van der Waals surface area contributed by atoms with E-state index in [4.69, 9.17) is 4.74 Å². The molecule has 2 aromatic carbocycles. The lowest BCUT2D eigenvalue weighted by Crippen LogP contribution is -2.37. The monoisotopic (exact) mass is 354 g/mol. The Kier molecular flexibility index (Phi) is 6.03. The number of nitrogens with one attached hydrogen (secondary N) is 2. The Bertz CT molecular complexity index is 843. The van der Waals surface area contributed by atoms with Crippen molar-refractivity contribution in [3.63, 3.8) is 0 Å². The second kappa shape index (κ2) is 8.04. The molecule has 0 bridgehead atoms. The van der Waals surface area contributed by atoms with Crippen molar-refractivity contribution in [3.8, 4) is 5.75 Å². The summed E-state index contributed by atoms with van der Waals surface area (Å²) in [7, 11) is 1.52. The van der Waals surface area contributed by atoms with Crippen LogP contribution in [-0.4, -0.2) is 18.9 Å². The maximum Gasteiger partial charge on any atom is 0.313 e. The van der Waals surface area contributed by atoms with Crippen LogP contribution in [0.4, 0.5) is 5.69 Å². The van der Waals surface area contributed by atoms with Gasteiger partial charge in [0.1, 0.15) is 5.75 Å². The van der Waals surface area contributed by atoms with Crippen molar-refractivity contribution in [2.45, 2.75) is 40.7 Å². The molecule has 0 aromatic heterocycles. The third-order valence-corrected chi connectivity index (χ3v) is 4.51. The summed E-state index contributed by atoms with van der Waals surface area (Å²) in [6.07, 6.45) is 0. The van der Waals surface area contributed by atoms with Crippen LogP contribution in [0.1, 0.15) is 40.8 Å². The summed E-state index contributed by atoms with van der Waals surface area (Å²) >= 11 is 0. The first-order chi connectivity index (χ1) is 12.2. The second-order valence-electron chi connectivity index (χ2n) is 6.65. The first-order valence-electron chi connectivity index (χ1n) is 8.57. The van der Waals surface area contributed by atoms with Gasteiger partial charge in [-0.2, -0.15) is 0 Å². The molecule has 5 nitrogen and oxygen atoms in total. The molecule has 0 spiro atoms. The Morgan fingerprint density at radius 1 is 0.923 bits per heavy atom. The number of methoxy groups -OCH3 is 1. The number of aryl methyl sites for hydroxylation is 4. The number of hydrogen-bond acceptors (Lipinski definition) is 3. The van der Waals surface area contributed by atoms with Crippen LogP contribution in [0.5, 0.6) is 5.75 Å². The zero-order valence-electron chi connectivity index (χ0n) is 16.2. The molecule has 0 aliphatic carbocycles. The summed E-state index contributed by atoms with van der Waals surface area (Å²) in [5.41, 5.74) is 5.88. The molecule has 0 saturated heterocycles. The molecule has 5 heteroatoms. The lowest BCUT2D eigenvalue weighted by molar-refractivity contribution is -0.136. The summed E-state index contributed by atoms with van der Waals surface area (Å²) < 4.78 is 5.23. The zero-order valence-corrected chi connectivity index (χ0v) is 16.2. The van der Waals surface area contributed by atoms with Crippen LogP contribution in [0.3, 0.4) is 0 Å². The average Bonchev–Trinajstić information content (AvgIpc) is 2.58. The molecule has 2 aromatic rings. The van der Waals surface area contributed by atoms with Crippen LogP contribution < -0.4 is 15.4 Å². The summed E-state index contributed by atoms with van der Waals surface area (Å²) in [5.74, 6) is -0.893. The van der Waals surface area contributed by atoms with Gasteiger partial charge in [-0.1, -0.05) is 18.2 Å². The van der Waals surface area contributed by atoms with Gasteiger partial charge in [0.25, 0.3) is 0 Å². The largest absolute Gasteiger partial charge is 0.495 e. The van der Waals surface area contributed by atoms with E-state index in [1.165, 1.54) is 12.7 Å². The van der Waals surface area contributed by atoms with E-state index < -0.39 is 11.8 Å². The molecule has 0 saturated carbocycles. The molecular formula is C21H26N2O3. The number of benzene rings is 2. The topological polar surface area (TPSA) is 67.4 Å². The Balaban J connectivity index is 2.11.